The molecule has 39 heavy (non-hydrogen) atoms. The number of nitrogens with zero attached hydrogens (tertiary/aromatic N) is 3. The van der Waals surface area contributed by atoms with E-state index in [1.54, 1.807) is 12.0 Å². The molecule has 2 heterocycles. The average Bonchev–Trinajstić information content (AvgIpc) is 3.45. The highest BCUT2D eigenvalue weighted by molar-refractivity contribution is 5.85. The van der Waals surface area contributed by atoms with Gasteiger partial charge in [0, 0.05) is 44.7 Å². The number of carbonyl (C=O) groups excluding carboxylic acids is 2. The number of hydrogen-bond donors (Lipinski definition) is 1. The minimum absolute atomic E-state index is 0.000667. The quantitative estimate of drug-likeness (QED) is 0.413. The Labute approximate surface area is 230 Å². The summed E-state index contributed by atoms with van der Waals surface area (Å²) in [5.41, 5.74) is 2.01. The van der Waals surface area contributed by atoms with Crippen molar-refractivity contribution in [1.82, 2.24) is 19.7 Å². The third kappa shape index (κ3) is 6.63. The predicted molar refractivity (Wildman–Crippen MR) is 150 cm³/mol. The van der Waals surface area contributed by atoms with Crippen LogP contribution in [0, 0.1) is 0 Å². The van der Waals surface area contributed by atoms with Crippen molar-refractivity contribution < 1.29 is 19.1 Å². The van der Waals surface area contributed by atoms with Crippen LogP contribution in [0.25, 0.3) is 0 Å². The van der Waals surface area contributed by atoms with Gasteiger partial charge in [-0.15, -0.1) is 0 Å². The van der Waals surface area contributed by atoms with Gasteiger partial charge in [-0.1, -0.05) is 49.6 Å². The number of methoxy groups -OCH3 is 1. The number of benzene rings is 2. The maximum atomic E-state index is 13.9. The lowest BCUT2D eigenvalue weighted by molar-refractivity contribution is -0.134. The van der Waals surface area contributed by atoms with Crippen LogP contribution >= 0.6 is 0 Å². The summed E-state index contributed by atoms with van der Waals surface area (Å²) in [5.74, 6) is 1.38. The van der Waals surface area contributed by atoms with E-state index in [4.69, 9.17) is 9.47 Å². The van der Waals surface area contributed by atoms with E-state index in [0.717, 1.165) is 42.7 Å². The number of nitrogens with one attached hydrogen (secondary N) is 1. The molecule has 1 unspecified atom stereocenters. The Morgan fingerprint density at radius 2 is 1.74 bits per heavy atom. The van der Waals surface area contributed by atoms with E-state index in [9.17, 15) is 9.59 Å². The lowest BCUT2D eigenvalue weighted by atomic mass is 9.96. The van der Waals surface area contributed by atoms with Gasteiger partial charge in [-0.25, -0.2) is 4.79 Å². The molecule has 2 aliphatic rings. The standard InChI is InChI=1S/C31H38N4O4/c1-38-21-20-34(31(37)32-25-11-4-2-5-12-25)23-29(36)35-19-18-33-17-9-16-28(33)30(35)24-10-8-15-27(22-24)39-26-13-6-3-7-14-26/h3,6-10,13-17,22,25,30H,2,4-5,11-12,18-21,23H2,1H3,(H,32,37). The Hall–Kier alpha value is -3.78. The van der Waals surface area contributed by atoms with E-state index < -0.39 is 0 Å². The smallest absolute Gasteiger partial charge is 0.318 e. The zero-order valence-corrected chi connectivity index (χ0v) is 22.6. The number of amides is 3. The van der Waals surface area contributed by atoms with Gasteiger partial charge < -0.3 is 29.2 Å². The van der Waals surface area contributed by atoms with Gasteiger partial charge in [0.2, 0.25) is 5.91 Å². The summed E-state index contributed by atoms with van der Waals surface area (Å²) in [6, 6.07) is 21.4. The predicted octanol–water partition coefficient (Wildman–Crippen LogP) is 5.20. The zero-order chi connectivity index (χ0) is 27.0. The summed E-state index contributed by atoms with van der Waals surface area (Å²) in [6.07, 6.45) is 7.51. The van der Waals surface area contributed by atoms with Gasteiger partial charge in [-0.05, 0) is 54.8 Å². The molecule has 1 aliphatic heterocycles. The minimum atomic E-state index is -0.286. The molecule has 8 heteroatoms. The van der Waals surface area contributed by atoms with Crippen molar-refractivity contribution in [2.24, 2.45) is 0 Å². The Morgan fingerprint density at radius 3 is 2.54 bits per heavy atom. The lowest BCUT2D eigenvalue weighted by Gasteiger charge is -2.38. The zero-order valence-electron chi connectivity index (χ0n) is 22.6. The van der Waals surface area contributed by atoms with E-state index in [2.05, 4.69) is 22.1 Å². The first-order chi connectivity index (χ1) is 19.1. The summed E-state index contributed by atoms with van der Waals surface area (Å²) in [4.78, 5) is 30.6. The summed E-state index contributed by atoms with van der Waals surface area (Å²) in [5, 5.41) is 3.16. The van der Waals surface area contributed by atoms with Gasteiger partial charge >= 0.3 is 6.03 Å². The fourth-order valence-electron chi connectivity index (χ4n) is 5.60. The molecule has 206 valence electrons. The molecule has 1 saturated carbocycles. The van der Waals surface area contributed by atoms with Crippen molar-refractivity contribution in [2.75, 3.05) is 33.4 Å². The first-order valence-corrected chi connectivity index (χ1v) is 13.9. The second-order valence-electron chi connectivity index (χ2n) is 10.3. The van der Waals surface area contributed by atoms with E-state index in [-0.39, 0.29) is 30.6 Å². The third-order valence-electron chi connectivity index (χ3n) is 7.62. The van der Waals surface area contributed by atoms with Gasteiger partial charge in [-0.3, -0.25) is 4.79 Å². The number of rotatable bonds is 9. The molecule has 0 bridgehead atoms. The average molecular weight is 531 g/mol. The van der Waals surface area contributed by atoms with Gasteiger partial charge in [0.25, 0.3) is 0 Å². The molecule has 0 spiro atoms. The van der Waals surface area contributed by atoms with Gasteiger partial charge in [0.15, 0.2) is 0 Å². The van der Waals surface area contributed by atoms with Crippen LogP contribution in [0.2, 0.25) is 0 Å². The van der Waals surface area contributed by atoms with Crippen LogP contribution in [-0.4, -0.2) is 65.7 Å². The summed E-state index contributed by atoms with van der Waals surface area (Å²) < 4.78 is 13.6. The molecule has 1 aliphatic carbocycles. The maximum Gasteiger partial charge on any atom is 0.318 e. The maximum absolute atomic E-state index is 13.9. The highest BCUT2D eigenvalue weighted by Crippen LogP contribution is 2.35. The number of hydrogen-bond acceptors (Lipinski definition) is 4. The number of para-hydroxylation sites is 1. The molecule has 1 N–H and O–H groups in total. The first kappa shape index (κ1) is 26.8. The van der Waals surface area contributed by atoms with Crippen LogP contribution in [-0.2, 0) is 16.1 Å². The molecular formula is C31H38N4O4. The Bertz CT molecular complexity index is 1240. The number of fused-ring (bicyclic) bond motifs is 1. The fourth-order valence-corrected chi connectivity index (χ4v) is 5.60. The highest BCUT2D eigenvalue weighted by atomic mass is 16.5. The normalized spacial score (nSPS) is 17.4. The SMILES string of the molecule is COCCN(CC(=O)N1CCn2cccc2C1c1cccc(Oc2ccccc2)c1)C(=O)NC1CCCCC1. The molecule has 1 aromatic heterocycles. The van der Waals surface area contributed by atoms with Crippen molar-refractivity contribution >= 4 is 11.9 Å². The van der Waals surface area contributed by atoms with Gasteiger partial charge in [-0.2, -0.15) is 0 Å². The molecule has 3 aromatic rings. The number of urea groups is 1. The van der Waals surface area contributed by atoms with Crippen molar-refractivity contribution in [3.63, 3.8) is 0 Å². The fraction of sp³-hybridized carbons (Fsp3) is 0.419. The van der Waals surface area contributed by atoms with Crippen molar-refractivity contribution in [3.8, 4) is 11.5 Å². The third-order valence-corrected chi connectivity index (χ3v) is 7.62. The number of aromatic nitrogens is 1. The van der Waals surface area contributed by atoms with Crippen molar-refractivity contribution in [1.29, 1.82) is 0 Å². The van der Waals surface area contributed by atoms with Crippen LogP contribution in [0.5, 0.6) is 11.5 Å². The molecule has 0 radical (unpaired) electrons. The second kappa shape index (κ2) is 12.8. The molecule has 1 fully saturated rings. The van der Waals surface area contributed by atoms with Crippen LogP contribution in [0.4, 0.5) is 4.79 Å². The molecule has 0 saturated heterocycles. The summed E-state index contributed by atoms with van der Waals surface area (Å²) in [6.45, 7) is 1.99. The largest absolute Gasteiger partial charge is 0.457 e. The molecule has 3 amide bonds. The summed E-state index contributed by atoms with van der Waals surface area (Å²) in [7, 11) is 1.61. The highest BCUT2D eigenvalue weighted by Gasteiger charge is 2.34. The first-order valence-electron chi connectivity index (χ1n) is 13.9. The van der Waals surface area contributed by atoms with Crippen LogP contribution in [0.1, 0.15) is 49.4 Å². The molecule has 2 aromatic carbocycles. The van der Waals surface area contributed by atoms with Crippen LogP contribution in [0.15, 0.2) is 72.9 Å². The van der Waals surface area contributed by atoms with Crippen LogP contribution in [0.3, 0.4) is 0 Å². The number of ether oxygens (including phenoxy) is 2. The van der Waals surface area contributed by atoms with Crippen molar-refractivity contribution in [2.45, 2.75) is 50.7 Å². The topological polar surface area (TPSA) is 76.0 Å². The monoisotopic (exact) mass is 530 g/mol. The molecule has 5 rings (SSSR count). The van der Waals surface area contributed by atoms with E-state index in [1.165, 1.54) is 6.42 Å². The van der Waals surface area contributed by atoms with Crippen molar-refractivity contribution in [3.05, 3.63) is 84.2 Å². The van der Waals surface area contributed by atoms with E-state index >= 15 is 0 Å². The Morgan fingerprint density at radius 1 is 0.949 bits per heavy atom. The van der Waals surface area contributed by atoms with E-state index in [1.807, 2.05) is 65.6 Å². The molecule has 1 atom stereocenters. The molecule has 8 nitrogen and oxygen atoms in total. The number of carbonyl (C=O) groups is 2. The second-order valence-corrected chi connectivity index (χ2v) is 10.3. The lowest BCUT2D eigenvalue weighted by Crippen LogP contribution is -2.52. The minimum Gasteiger partial charge on any atom is -0.457 e. The molecular weight excluding hydrogens is 492 g/mol. The Balaban J connectivity index is 1.36. The van der Waals surface area contributed by atoms with Gasteiger partial charge in [0.1, 0.15) is 18.0 Å². The van der Waals surface area contributed by atoms with Crippen LogP contribution < -0.4 is 10.1 Å². The summed E-state index contributed by atoms with van der Waals surface area (Å²) >= 11 is 0. The van der Waals surface area contributed by atoms with Gasteiger partial charge in [0.05, 0.1) is 12.6 Å². The van der Waals surface area contributed by atoms with E-state index in [0.29, 0.717) is 32.0 Å². The Kier molecular flexibility index (Phi) is 8.83.